The van der Waals surface area contributed by atoms with Gasteiger partial charge >= 0.3 is 0 Å². The van der Waals surface area contributed by atoms with E-state index in [1.54, 1.807) is 25.8 Å². The molecule has 0 aromatic heterocycles. The molecule has 5 N–H and O–H groups in total. The van der Waals surface area contributed by atoms with Crippen molar-refractivity contribution in [1.29, 1.82) is 0 Å². The Labute approximate surface area is 206 Å². The first-order chi connectivity index (χ1) is 16.1. The summed E-state index contributed by atoms with van der Waals surface area (Å²) < 4.78 is 28.9. The van der Waals surface area contributed by atoms with Crippen molar-refractivity contribution in [2.45, 2.75) is 119 Å². The molecule has 12 atom stereocenters. The predicted molar refractivity (Wildman–Crippen MR) is 125 cm³/mol. The lowest BCUT2D eigenvalue weighted by Gasteiger charge is -2.44. The largest absolute Gasteiger partial charge is 0.392 e. The lowest BCUT2D eigenvalue weighted by atomic mass is 9.99. The van der Waals surface area contributed by atoms with Gasteiger partial charge < -0.3 is 44.3 Å². The molecule has 11 nitrogen and oxygen atoms in total. The molecular formula is C22H42N2O9S. The second-order valence-electron chi connectivity index (χ2n) is 9.56. The van der Waals surface area contributed by atoms with Crippen molar-refractivity contribution in [3.05, 3.63) is 0 Å². The number of aliphatic hydroxyl groups is 3. The maximum atomic E-state index is 11.0. The zero-order chi connectivity index (χ0) is 25.0. The topological polar surface area (TPSA) is 140 Å². The minimum atomic E-state index is -1.35. The van der Waals surface area contributed by atoms with Crippen molar-refractivity contribution in [2.75, 3.05) is 20.0 Å². The van der Waals surface area contributed by atoms with Crippen LogP contribution in [-0.2, 0) is 28.5 Å². The van der Waals surface area contributed by atoms with Gasteiger partial charge in [0.05, 0.1) is 42.3 Å². The molecule has 3 rings (SSSR count). The quantitative estimate of drug-likeness (QED) is 0.261. The molecule has 12 heteroatoms. The van der Waals surface area contributed by atoms with Crippen LogP contribution in [0.2, 0.25) is 0 Å². The van der Waals surface area contributed by atoms with E-state index in [-0.39, 0.29) is 29.5 Å². The number of hydroxylamine groups is 1. The Hall–Kier alpha value is -0.0900. The van der Waals surface area contributed by atoms with Gasteiger partial charge in [0.2, 0.25) is 0 Å². The highest BCUT2D eigenvalue weighted by molar-refractivity contribution is 7.99. The predicted octanol–water partition coefficient (Wildman–Crippen LogP) is -0.285. The van der Waals surface area contributed by atoms with Crippen LogP contribution in [0.4, 0.5) is 0 Å². The molecule has 34 heavy (non-hydrogen) atoms. The molecule has 0 bridgehead atoms. The van der Waals surface area contributed by atoms with Crippen LogP contribution < -0.4 is 10.8 Å². The van der Waals surface area contributed by atoms with Gasteiger partial charge in [-0.15, -0.1) is 0 Å². The molecule has 0 amide bonds. The third-order valence-electron chi connectivity index (χ3n) is 6.55. The number of methoxy groups -OCH3 is 1. The monoisotopic (exact) mass is 510 g/mol. The van der Waals surface area contributed by atoms with Crippen LogP contribution in [0.3, 0.4) is 0 Å². The number of rotatable bonds is 9. The van der Waals surface area contributed by atoms with Gasteiger partial charge in [-0.2, -0.15) is 17.2 Å². The summed E-state index contributed by atoms with van der Waals surface area (Å²) >= 11 is 1.56. The fourth-order valence-electron chi connectivity index (χ4n) is 4.81. The fourth-order valence-corrected chi connectivity index (χ4v) is 5.69. The Morgan fingerprint density at radius 3 is 2.38 bits per heavy atom. The molecule has 3 fully saturated rings. The highest BCUT2D eigenvalue weighted by atomic mass is 32.2. The molecule has 0 aromatic rings. The fraction of sp³-hybridized carbons (Fsp3) is 1.00. The lowest BCUT2D eigenvalue weighted by molar-refractivity contribution is -0.339. The van der Waals surface area contributed by atoms with Crippen LogP contribution in [0, 0.1) is 0 Å². The summed E-state index contributed by atoms with van der Waals surface area (Å²) in [5.74, 6) is 0. The number of hydrogen-bond donors (Lipinski definition) is 5. The van der Waals surface area contributed by atoms with Crippen LogP contribution in [0.1, 0.15) is 40.5 Å². The van der Waals surface area contributed by atoms with Gasteiger partial charge in [0, 0.05) is 26.0 Å². The summed E-state index contributed by atoms with van der Waals surface area (Å²) in [5.41, 5.74) is 2.81. The van der Waals surface area contributed by atoms with Crippen LogP contribution in [0.5, 0.6) is 0 Å². The maximum absolute atomic E-state index is 11.0. The third-order valence-corrected chi connectivity index (χ3v) is 7.79. The minimum Gasteiger partial charge on any atom is -0.392 e. The average molecular weight is 511 g/mol. The van der Waals surface area contributed by atoms with Crippen LogP contribution >= 0.6 is 11.8 Å². The maximum Gasteiger partial charge on any atom is 0.184 e. The van der Waals surface area contributed by atoms with Gasteiger partial charge in [-0.25, -0.2) is 0 Å². The van der Waals surface area contributed by atoms with E-state index in [2.05, 4.69) is 24.6 Å². The molecule has 3 aliphatic heterocycles. The van der Waals surface area contributed by atoms with E-state index in [1.165, 1.54) is 0 Å². The number of thioether (sulfide) groups is 1. The molecule has 3 heterocycles. The van der Waals surface area contributed by atoms with E-state index >= 15 is 0 Å². The number of ether oxygens (including phenoxy) is 5. The Morgan fingerprint density at radius 1 is 1.03 bits per heavy atom. The molecule has 0 unspecified atom stereocenters. The zero-order valence-corrected chi connectivity index (χ0v) is 21.6. The van der Waals surface area contributed by atoms with E-state index in [9.17, 15) is 15.3 Å². The summed E-state index contributed by atoms with van der Waals surface area (Å²) in [6, 6.07) is 0.288. The smallest absolute Gasteiger partial charge is 0.184 e. The van der Waals surface area contributed by atoms with Crippen molar-refractivity contribution in [3.8, 4) is 0 Å². The van der Waals surface area contributed by atoms with Crippen LogP contribution in [-0.4, -0.2) is 114 Å². The SMILES string of the molecule is CO[C@H]1C[C@H](O[C@@H]2[C@@H](O)[C@H](ON[C@H]3C[C@H](O)[C@H](SC)[C@@H](C)O3)[C@@H](C)O[C@H]2O)OC[C@@H]1NC(C)C. The third kappa shape index (κ3) is 7.02. The van der Waals surface area contributed by atoms with Crippen LogP contribution in [0.15, 0.2) is 0 Å². The van der Waals surface area contributed by atoms with E-state index < -0.39 is 49.3 Å². The Balaban J connectivity index is 1.55. The number of hydrogen-bond acceptors (Lipinski definition) is 12. The van der Waals surface area contributed by atoms with Crippen molar-refractivity contribution in [3.63, 3.8) is 0 Å². The summed E-state index contributed by atoms with van der Waals surface area (Å²) in [6.07, 6.45) is -4.49. The molecule has 0 radical (unpaired) electrons. The number of nitrogens with one attached hydrogen (secondary N) is 2. The molecular weight excluding hydrogens is 468 g/mol. The van der Waals surface area contributed by atoms with E-state index in [0.717, 1.165) is 0 Å². The normalized spacial score (nSPS) is 46.1. The van der Waals surface area contributed by atoms with E-state index in [0.29, 0.717) is 19.4 Å². The highest BCUT2D eigenvalue weighted by Gasteiger charge is 2.47. The average Bonchev–Trinajstić information content (AvgIpc) is 2.76. The summed E-state index contributed by atoms with van der Waals surface area (Å²) in [6.45, 7) is 8.07. The van der Waals surface area contributed by atoms with Crippen molar-refractivity contribution >= 4 is 11.8 Å². The number of aliphatic hydroxyl groups excluding tert-OH is 3. The van der Waals surface area contributed by atoms with Crippen molar-refractivity contribution < 1.29 is 43.8 Å². The summed E-state index contributed by atoms with van der Waals surface area (Å²) in [5, 5.41) is 35.2. The van der Waals surface area contributed by atoms with Gasteiger partial charge in [-0.1, -0.05) is 13.8 Å². The molecule has 0 saturated carbocycles. The zero-order valence-electron chi connectivity index (χ0n) is 20.8. The lowest BCUT2D eigenvalue weighted by Crippen LogP contribution is -2.62. The van der Waals surface area contributed by atoms with E-state index in [4.69, 9.17) is 28.5 Å². The Bertz CT molecular complexity index is 609. The Kier molecular flexibility index (Phi) is 10.8. The molecule has 3 aliphatic rings. The van der Waals surface area contributed by atoms with Crippen molar-refractivity contribution in [2.24, 2.45) is 0 Å². The standard InChI is InChI=1S/C22H42N2O9S/c1-10(2)23-13-9-29-17(8-15(13)28-5)32-20-18(26)19(11(3)31-22(20)27)33-24-16-7-14(25)21(34-6)12(4)30-16/h10-27H,7-9H2,1-6H3/t11-,12-,13+,14+,15+,16-,17+,18+,19-,20-,21-,22-/m1/s1. The van der Waals surface area contributed by atoms with Gasteiger partial charge in [0.1, 0.15) is 24.5 Å². The first-order valence-corrected chi connectivity index (χ1v) is 13.3. The molecule has 0 spiro atoms. The van der Waals surface area contributed by atoms with Crippen molar-refractivity contribution in [1.82, 2.24) is 10.8 Å². The first kappa shape index (κ1) is 28.5. The summed E-state index contributed by atoms with van der Waals surface area (Å²) in [4.78, 5) is 5.75. The molecule has 0 aromatic carbocycles. The second-order valence-corrected chi connectivity index (χ2v) is 10.6. The van der Waals surface area contributed by atoms with Gasteiger partial charge in [0.25, 0.3) is 0 Å². The Morgan fingerprint density at radius 2 is 1.76 bits per heavy atom. The van der Waals surface area contributed by atoms with Gasteiger partial charge in [-0.3, -0.25) is 4.84 Å². The van der Waals surface area contributed by atoms with Gasteiger partial charge in [0.15, 0.2) is 12.6 Å². The molecule has 3 saturated heterocycles. The highest BCUT2D eigenvalue weighted by Crippen LogP contribution is 2.30. The summed E-state index contributed by atoms with van der Waals surface area (Å²) in [7, 11) is 1.64. The van der Waals surface area contributed by atoms with Crippen LogP contribution in [0.25, 0.3) is 0 Å². The second kappa shape index (κ2) is 12.9. The minimum absolute atomic E-state index is 0.0153. The van der Waals surface area contributed by atoms with Gasteiger partial charge in [-0.05, 0) is 20.1 Å². The first-order valence-electron chi connectivity index (χ1n) is 12.0. The van der Waals surface area contributed by atoms with E-state index in [1.807, 2.05) is 13.2 Å². The molecule has 200 valence electrons. The molecule has 0 aliphatic carbocycles.